The van der Waals surface area contributed by atoms with Crippen molar-refractivity contribution in [2.75, 3.05) is 0 Å². The van der Waals surface area contributed by atoms with Gasteiger partial charge in [0.2, 0.25) is 5.76 Å². The van der Waals surface area contributed by atoms with E-state index in [0.29, 0.717) is 30.3 Å². The summed E-state index contributed by atoms with van der Waals surface area (Å²) >= 11 is 0. The van der Waals surface area contributed by atoms with Gasteiger partial charge in [-0.25, -0.2) is 9.78 Å². The molecule has 1 aromatic carbocycles. The van der Waals surface area contributed by atoms with Crippen LogP contribution in [0.4, 0.5) is 0 Å². The van der Waals surface area contributed by atoms with E-state index in [9.17, 15) is 4.79 Å². The molecule has 0 fully saturated rings. The van der Waals surface area contributed by atoms with Crippen LogP contribution in [0.5, 0.6) is 0 Å². The number of hydrogen-bond donors (Lipinski definition) is 1. The number of aryl methyl sites for hydroxylation is 2. The first-order chi connectivity index (χ1) is 9.56. The molecule has 106 valence electrons. The third kappa shape index (κ3) is 3.70. The van der Waals surface area contributed by atoms with Crippen LogP contribution in [0, 0.1) is 5.92 Å². The van der Waals surface area contributed by atoms with E-state index in [1.807, 2.05) is 44.2 Å². The van der Waals surface area contributed by atoms with Gasteiger partial charge in [0, 0.05) is 6.42 Å². The Hall–Kier alpha value is -2.10. The highest BCUT2D eigenvalue weighted by atomic mass is 16.4. The molecule has 0 spiro atoms. The molecule has 0 unspecified atom stereocenters. The van der Waals surface area contributed by atoms with Gasteiger partial charge in [-0.15, -0.1) is 0 Å². The lowest BCUT2D eigenvalue weighted by Crippen LogP contribution is -2.03. The average Bonchev–Trinajstić information content (AvgIpc) is 2.80. The van der Waals surface area contributed by atoms with Crippen molar-refractivity contribution in [1.29, 1.82) is 0 Å². The Labute approximate surface area is 118 Å². The summed E-state index contributed by atoms with van der Waals surface area (Å²) in [7, 11) is 0. The molecule has 0 amide bonds. The molecule has 1 heterocycles. The normalized spacial score (nSPS) is 10.9. The smallest absolute Gasteiger partial charge is 0.373 e. The molecule has 1 aromatic heterocycles. The lowest BCUT2D eigenvalue weighted by Gasteiger charge is -2.00. The maximum Gasteiger partial charge on any atom is 0.373 e. The van der Waals surface area contributed by atoms with Gasteiger partial charge in [-0.2, -0.15) is 0 Å². The molecule has 0 bridgehead atoms. The summed E-state index contributed by atoms with van der Waals surface area (Å²) in [6.45, 7) is 4.06. The number of aromatic nitrogens is 1. The fourth-order valence-corrected chi connectivity index (χ4v) is 2.10. The summed E-state index contributed by atoms with van der Waals surface area (Å²) in [6, 6.07) is 10.0. The maximum absolute atomic E-state index is 11.2. The molecule has 2 rings (SSSR count). The Morgan fingerprint density at radius 3 is 2.55 bits per heavy atom. The number of rotatable bonds is 6. The first-order valence-corrected chi connectivity index (χ1v) is 6.82. The van der Waals surface area contributed by atoms with Crippen LogP contribution in [0.3, 0.4) is 0 Å². The molecular weight excluding hydrogens is 254 g/mol. The van der Waals surface area contributed by atoms with Crippen LogP contribution in [0.1, 0.15) is 41.6 Å². The summed E-state index contributed by atoms with van der Waals surface area (Å²) in [6.07, 6.45) is 2.03. The highest BCUT2D eigenvalue weighted by Crippen LogP contribution is 2.17. The number of carboxylic acid groups (broad SMARTS) is 1. The molecule has 4 nitrogen and oxygen atoms in total. The van der Waals surface area contributed by atoms with Crippen LogP contribution in [-0.2, 0) is 19.3 Å². The van der Waals surface area contributed by atoms with E-state index in [-0.39, 0.29) is 5.76 Å². The van der Waals surface area contributed by atoms with Crippen LogP contribution < -0.4 is 0 Å². The molecule has 0 aliphatic heterocycles. The zero-order valence-corrected chi connectivity index (χ0v) is 11.8. The van der Waals surface area contributed by atoms with Gasteiger partial charge in [0.05, 0.1) is 5.69 Å². The van der Waals surface area contributed by atoms with E-state index < -0.39 is 5.97 Å². The third-order valence-corrected chi connectivity index (χ3v) is 3.01. The van der Waals surface area contributed by atoms with Gasteiger partial charge in [-0.1, -0.05) is 44.2 Å². The van der Waals surface area contributed by atoms with Crippen molar-refractivity contribution >= 4 is 5.97 Å². The Bertz CT molecular complexity index is 573. The Morgan fingerprint density at radius 2 is 1.95 bits per heavy atom. The Balaban J connectivity index is 2.10. The van der Waals surface area contributed by atoms with Gasteiger partial charge in [0.1, 0.15) is 0 Å². The van der Waals surface area contributed by atoms with Crippen LogP contribution in [0.2, 0.25) is 0 Å². The van der Waals surface area contributed by atoms with Gasteiger partial charge in [-0.05, 0) is 24.3 Å². The van der Waals surface area contributed by atoms with Gasteiger partial charge in [0.15, 0.2) is 5.89 Å². The molecular formula is C16H19NO3. The summed E-state index contributed by atoms with van der Waals surface area (Å²) in [4.78, 5) is 15.5. The number of hydrogen-bond acceptors (Lipinski definition) is 3. The van der Waals surface area contributed by atoms with Gasteiger partial charge >= 0.3 is 5.97 Å². The number of carboxylic acids is 1. The quantitative estimate of drug-likeness (QED) is 0.876. The number of benzene rings is 1. The number of oxazole rings is 1. The number of carbonyl (C=O) groups is 1. The monoisotopic (exact) mass is 273 g/mol. The van der Waals surface area contributed by atoms with E-state index in [2.05, 4.69) is 4.98 Å². The minimum absolute atomic E-state index is 0.0123. The van der Waals surface area contributed by atoms with Crippen molar-refractivity contribution in [3.05, 3.63) is 53.2 Å². The topological polar surface area (TPSA) is 63.3 Å². The standard InChI is InChI=1S/C16H19NO3/c1-11(2)10-13-15(16(18)19)20-14(17-13)9-8-12-6-4-3-5-7-12/h3-7,11H,8-10H2,1-2H3,(H,18,19). The second-order valence-electron chi connectivity index (χ2n) is 5.27. The predicted molar refractivity (Wildman–Crippen MR) is 75.9 cm³/mol. The molecule has 4 heteroatoms. The van der Waals surface area contributed by atoms with E-state index in [1.165, 1.54) is 5.56 Å². The minimum Gasteiger partial charge on any atom is -0.475 e. The van der Waals surface area contributed by atoms with Crippen molar-refractivity contribution in [1.82, 2.24) is 4.98 Å². The molecule has 20 heavy (non-hydrogen) atoms. The van der Waals surface area contributed by atoms with Crippen molar-refractivity contribution in [3.63, 3.8) is 0 Å². The largest absolute Gasteiger partial charge is 0.475 e. The maximum atomic E-state index is 11.2. The molecule has 0 aliphatic carbocycles. The van der Waals surface area contributed by atoms with Crippen LogP contribution in [0.15, 0.2) is 34.7 Å². The highest BCUT2D eigenvalue weighted by Gasteiger charge is 2.19. The summed E-state index contributed by atoms with van der Waals surface area (Å²) in [5.74, 6) is -0.206. The first kappa shape index (κ1) is 14.3. The molecule has 2 aromatic rings. The Kier molecular flexibility index (Phi) is 4.56. The van der Waals surface area contributed by atoms with Crippen molar-refractivity contribution in [3.8, 4) is 0 Å². The second kappa shape index (κ2) is 6.37. The van der Waals surface area contributed by atoms with E-state index in [1.54, 1.807) is 0 Å². The fraction of sp³-hybridized carbons (Fsp3) is 0.375. The van der Waals surface area contributed by atoms with E-state index in [0.717, 1.165) is 6.42 Å². The highest BCUT2D eigenvalue weighted by molar-refractivity contribution is 5.85. The van der Waals surface area contributed by atoms with Crippen LogP contribution >= 0.6 is 0 Å². The lowest BCUT2D eigenvalue weighted by molar-refractivity contribution is 0.0658. The number of aromatic carboxylic acids is 1. The first-order valence-electron chi connectivity index (χ1n) is 6.82. The van der Waals surface area contributed by atoms with Gasteiger partial charge < -0.3 is 9.52 Å². The van der Waals surface area contributed by atoms with Gasteiger partial charge in [-0.3, -0.25) is 0 Å². The van der Waals surface area contributed by atoms with Crippen molar-refractivity contribution in [2.45, 2.75) is 33.1 Å². The SMILES string of the molecule is CC(C)Cc1nc(CCc2ccccc2)oc1C(=O)O. The van der Waals surface area contributed by atoms with Gasteiger partial charge in [0.25, 0.3) is 0 Å². The van der Waals surface area contributed by atoms with Crippen molar-refractivity contribution in [2.24, 2.45) is 5.92 Å². The zero-order valence-electron chi connectivity index (χ0n) is 11.8. The summed E-state index contributed by atoms with van der Waals surface area (Å²) < 4.78 is 5.39. The van der Waals surface area contributed by atoms with Crippen molar-refractivity contribution < 1.29 is 14.3 Å². The summed E-state index contributed by atoms with van der Waals surface area (Å²) in [5, 5.41) is 9.14. The predicted octanol–water partition coefficient (Wildman–Crippen LogP) is 3.36. The molecule has 0 radical (unpaired) electrons. The van der Waals surface area contributed by atoms with E-state index in [4.69, 9.17) is 9.52 Å². The number of nitrogens with zero attached hydrogens (tertiary/aromatic N) is 1. The zero-order chi connectivity index (χ0) is 14.5. The molecule has 0 saturated heterocycles. The van der Waals surface area contributed by atoms with Crippen LogP contribution in [-0.4, -0.2) is 16.1 Å². The average molecular weight is 273 g/mol. The third-order valence-electron chi connectivity index (χ3n) is 3.01. The lowest BCUT2D eigenvalue weighted by atomic mass is 10.1. The summed E-state index contributed by atoms with van der Waals surface area (Å²) in [5.41, 5.74) is 1.74. The van der Waals surface area contributed by atoms with Crippen LogP contribution in [0.25, 0.3) is 0 Å². The second-order valence-corrected chi connectivity index (χ2v) is 5.27. The molecule has 0 aliphatic rings. The molecule has 0 saturated carbocycles. The fourth-order valence-electron chi connectivity index (χ4n) is 2.10. The Morgan fingerprint density at radius 1 is 1.25 bits per heavy atom. The minimum atomic E-state index is -1.04. The molecule has 1 N–H and O–H groups in total. The molecule has 0 atom stereocenters. The van der Waals surface area contributed by atoms with E-state index >= 15 is 0 Å².